The number of unbranched alkanes of at least 4 members (excludes halogenated alkanes) is 1. The highest BCUT2D eigenvalue weighted by Crippen LogP contribution is 2.26. The van der Waals surface area contributed by atoms with E-state index in [1.807, 2.05) is 31.2 Å². The molecule has 2 aromatic rings. The van der Waals surface area contributed by atoms with E-state index in [0.29, 0.717) is 66.4 Å². The summed E-state index contributed by atoms with van der Waals surface area (Å²) < 4.78 is 21.8. The molecule has 0 amide bonds. The fraction of sp³-hybridized carbons (Fsp3) is 0.310. The molecule has 0 saturated carbocycles. The first-order valence-electron chi connectivity index (χ1n) is 11.9. The second-order valence-electron chi connectivity index (χ2n) is 8.53. The molecule has 1 aliphatic rings. The monoisotopic (exact) mass is 492 g/mol. The third-order valence-electron chi connectivity index (χ3n) is 5.40. The van der Waals surface area contributed by atoms with Crippen molar-refractivity contribution in [1.82, 2.24) is 0 Å². The normalized spacial score (nSPS) is 13.6. The van der Waals surface area contributed by atoms with Crippen LogP contribution in [0.5, 0.6) is 5.75 Å². The van der Waals surface area contributed by atoms with Gasteiger partial charge in [-0.3, -0.25) is 0 Å². The van der Waals surface area contributed by atoms with Crippen LogP contribution in [-0.2, 0) is 19.0 Å². The molecule has 1 N–H and O–H groups in total. The number of aliphatic hydroxyl groups excluding tert-OH is 1. The van der Waals surface area contributed by atoms with Gasteiger partial charge in [0.05, 0.1) is 18.8 Å². The van der Waals surface area contributed by atoms with Crippen LogP contribution in [0.4, 0.5) is 0 Å². The number of allylic oxidation sites excluding steroid dienone is 4. The molecule has 1 aliphatic carbocycles. The topological polar surface area (TPSA) is 91.3 Å². The van der Waals surface area contributed by atoms with Crippen molar-refractivity contribution in [3.63, 3.8) is 0 Å². The number of hydrogen-bond donors (Lipinski definition) is 1. The van der Waals surface area contributed by atoms with Gasteiger partial charge in [0.2, 0.25) is 6.29 Å². The predicted molar refractivity (Wildman–Crippen MR) is 135 cm³/mol. The summed E-state index contributed by atoms with van der Waals surface area (Å²) in [5.74, 6) is 0.955. The van der Waals surface area contributed by atoms with E-state index in [2.05, 4.69) is 6.58 Å². The molecular weight excluding hydrogens is 460 g/mol. The number of esters is 2. The second kappa shape index (κ2) is 13.3. The summed E-state index contributed by atoms with van der Waals surface area (Å²) in [6.07, 6.45) is 4.76. The van der Waals surface area contributed by atoms with E-state index in [0.717, 1.165) is 12.0 Å². The summed E-state index contributed by atoms with van der Waals surface area (Å²) in [5.41, 5.74) is 2.58. The summed E-state index contributed by atoms with van der Waals surface area (Å²) in [5, 5.41) is 10.3. The van der Waals surface area contributed by atoms with Gasteiger partial charge in [0.25, 0.3) is 0 Å². The molecule has 0 spiro atoms. The van der Waals surface area contributed by atoms with Crippen molar-refractivity contribution in [2.75, 3.05) is 13.2 Å². The minimum atomic E-state index is -1.05. The quantitative estimate of drug-likeness (QED) is 0.176. The Morgan fingerprint density at radius 3 is 2.22 bits per heavy atom. The minimum absolute atomic E-state index is 0.325. The molecule has 0 fully saturated rings. The van der Waals surface area contributed by atoms with Crippen molar-refractivity contribution in [3.8, 4) is 5.75 Å². The molecule has 0 saturated heterocycles. The van der Waals surface area contributed by atoms with Gasteiger partial charge in [-0.15, -0.1) is 0 Å². The Kier molecular flexibility index (Phi) is 9.89. The van der Waals surface area contributed by atoms with Crippen molar-refractivity contribution in [1.29, 1.82) is 0 Å². The number of benzene rings is 2. The third-order valence-corrected chi connectivity index (χ3v) is 5.40. The first-order valence-corrected chi connectivity index (χ1v) is 11.9. The molecule has 0 heterocycles. The van der Waals surface area contributed by atoms with Gasteiger partial charge in [0.1, 0.15) is 17.3 Å². The summed E-state index contributed by atoms with van der Waals surface area (Å²) in [7, 11) is 0. The van der Waals surface area contributed by atoms with Crippen LogP contribution in [0.1, 0.15) is 60.4 Å². The molecule has 0 aliphatic heterocycles. The van der Waals surface area contributed by atoms with Crippen LogP contribution >= 0.6 is 0 Å². The van der Waals surface area contributed by atoms with Crippen molar-refractivity contribution < 1.29 is 33.6 Å². The molecule has 1 unspecified atom stereocenters. The van der Waals surface area contributed by atoms with E-state index in [-0.39, 0.29) is 5.97 Å². The zero-order valence-corrected chi connectivity index (χ0v) is 20.7. The molecule has 0 aromatic heterocycles. The second-order valence-corrected chi connectivity index (χ2v) is 8.53. The van der Waals surface area contributed by atoms with Crippen LogP contribution in [-0.4, -0.2) is 30.3 Å². The third kappa shape index (κ3) is 8.43. The number of aryl methyl sites for hydroxylation is 1. The molecule has 190 valence electrons. The van der Waals surface area contributed by atoms with E-state index in [1.165, 1.54) is 0 Å². The zero-order valence-electron chi connectivity index (χ0n) is 20.7. The number of ether oxygens (including phenoxy) is 4. The maximum Gasteiger partial charge on any atom is 0.343 e. The summed E-state index contributed by atoms with van der Waals surface area (Å²) >= 11 is 0. The van der Waals surface area contributed by atoms with E-state index < -0.39 is 12.3 Å². The van der Waals surface area contributed by atoms with Gasteiger partial charge in [0.15, 0.2) is 0 Å². The molecule has 7 heteroatoms. The Hall–Kier alpha value is -3.84. The predicted octanol–water partition coefficient (Wildman–Crippen LogP) is 5.70. The maximum atomic E-state index is 12.5. The fourth-order valence-corrected chi connectivity index (χ4v) is 3.27. The van der Waals surface area contributed by atoms with E-state index in [1.54, 1.807) is 43.3 Å². The lowest BCUT2D eigenvalue weighted by atomic mass is 10.1. The van der Waals surface area contributed by atoms with E-state index in [4.69, 9.17) is 18.9 Å². The number of aliphatic hydroxyl groups is 1. The molecule has 1 atom stereocenters. The Balaban J connectivity index is 1.40. The average molecular weight is 493 g/mol. The van der Waals surface area contributed by atoms with Crippen molar-refractivity contribution in [3.05, 3.63) is 101 Å². The number of carbonyl (C=O) groups is 2. The summed E-state index contributed by atoms with van der Waals surface area (Å²) in [6, 6.07) is 14.2. The SMILES string of the molecule is C=C(C)C(=O)OCCCCOc1ccc(C(=O)OC2=CC=C(OC(O)c3ccc(C)cc3)CC2)cc1. The minimum Gasteiger partial charge on any atom is -0.494 e. The lowest BCUT2D eigenvalue weighted by Gasteiger charge is -2.19. The van der Waals surface area contributed by atoms with Crippen LogP contribution in [0, 0.1) is 6.92 Å². The smallest absolute Gasteiger partial charge is 0.343 e. The Morgan fingerprint density at radius 1 is 0.944 bits per heavy atom. The van der Waals surface area contributed by atoms with Gasteiger partial charge in [-0.25, -0.2) is 9.59 Å². The first-order chi connectivity index (χ1) is 17.3. The highest BCUT2D eigenvalue weighted by molar-refractivity contribution is 5.90. The lowest BCUT2D eigenvalue weighted by Crippen LogP contribution is -2.09. The van der Waals surface area contributed by atoms with E-state index in [9.17, 15) is 14.7 Å². The molecule has 0 bridgehead atoms. The highest BCUT2D eigenvalue weighted by atomic mass is 16.6. The van der Waals surface area contributed by atoms with Gasteiger partial charge in [-0.1, -0.05) is 36.4 Å². The first kappa shape index (κ1) is 26.8. The number of rotatable bonds is 12. The molecule has 36 heavy (non-hydrogen) atoms. The molecule has 7 nitrogen and oxygen atoms in total. The number of hydrogen-bond acceptors (Lipinski definition) is 7. The Morgan fingerprint density at radius 2 is 1.58 bits per heavy atom. The fourth-order valence-electron chi connectivity index (χ4n) is 3.27. The van der Waals surface area contributed by atoms with Crippen molar-refractivity contribution in [2.24, 2.45) is 0 Å². The van der Waals surface area contributed by atoms with Gasteiger partial charge in [-0.2, -0.15) is 0 Å². The van der Waals surface area contributed by atoms with Gasteiger partial charge in [0, 0.05) is 24.0 Å². The van der Waals surface area contributed by atoms with Crippen LogP contribution in [0.25, 0.3) is 0 Å². The Bertz CT molecular complexity index is 1110. The average Bonchev–Trinajstić information content (AvgIpc) is 2.87. The molecule has 3 rings (SSSR count). The lowest BCUT2D eigenvalue weighted by molar-refractivity contribution is -0.139. The zero-order chi connectivity index (χ0) is 25.9. The largest absolute Gasteiger partial charge is 0.494 e. The van der Waals surface area contributed by atoms with Gasteiger partial charge < -0.3 is 24.1 Å². The standard InChI is InChI=1S/C29H32O7/c1-20(2)27(30)34-19-5-4-18-33-24-12-10-23(11-13-24)29(32)36-26-16-14-25(15-17-26)35-28(31)22-8-6-21(3)7-9-22/h6-14,16,28,31H,1,4-5,15,17-19H2,2-3H3. The maximum absolute atomic E-state index is 12.5. The Labute approximate surface area is 211 Å². The van der Waals surface area contributed by atoms with Crippen molar-refractivity contribution >= 4 is 11.9 Å². The van der Waals surface area contributed by atoms with Crippen LogP contribution < -0.4 is 4.74 Å². The van der Waals surface area contributed by atoms with Gasteiger partial charge >= 0.3 is 11.9 Å². The molecular formula is C29H32O7. The van der Waals surface area contributed by atoms with Crippen LogP contribution in [0.2, 0.25) is 0 Å². The van der Waals surface area contributed by atoms with Gasteiger partial charge in [-0.05, 0) is 63.1 Å². The van der Waals surface area contributed by atoms with Crippen LogP contribution in [0.15, 0.2) is 84.4 Å². The number of carbonyl (C=O) groups excluding carboxylic acids is 2. The van der Waals surface area contributed by atoms with Crippen molar-refractivity contribution in [2.45, 2.75) is 45.8 Å². The summed E-state index contributed by atoms with van der Waals surface area (Å²) in [6.45, 7) is 7.92. The van der Waals surface area contributed by atoms with E-state index >= 15 is 0 Å². The van der Waals surface area contributed by atoms with Crippen LogP contribution in [0.3, 0.4) is 0 Å². The summed E-state index contributed by atoms with van der Waals surface area (Å²) in [4.78, 5) is 23.8. The molecule has 2 aromatic carbocycles. The molecule has 0 radical (unpaired) electrons. The highest BCUT2D eigenvalue weighted by Gasteiger charge is 2.17.